The summed E-state index contributed by atoms with van der Waals surface area (Å²) in [6.07, 6.45) is 0. The van der Waals surface area contributed by atoms with E-state index in [9.17, 15) is 0 Å². The summed E-state index contributed by atoms with van der Waals surface area (Å²) >= 11 is 11.5. The topological polar surface area (TPSA) is 20.2 Å². The average molecular weight is 191 g/mol. The van der Waals surface area contributed by atoms with Crippen LogP contribution >= 0.6 is 23.2 Å². The molecule has 0 fully saturated rings. The van der Waals surface area contributed by atoms with Crippen molar-refractivity contribution < 1.29 is 5.11 Å². The Balaban J connectivity index is 3.21. The smallest absolute Gasteiger partial charge is 0.0682 e. The van der Waals surface area contributed by atoms with E-state index in [1.807, 2.05) is 13.0 Å². The highest BCUT2D eigenvalue weighted by atomic mass is 35.5. The maximum atomic E-state index is 8.78. The number of halogens is 2. The van der Waals surface area contributed by atoms with Gasteiger partial charge >= 0.3 is 0 Å². The SMILES string of the molecule is Cc1cc(CO)cc(Cl)c1Cl. The Hall–Kier alpha value is -0.240. The Morgan fingerprint density at radius 1 is 1.36 bits per heavy atom. The molecular formula is C8H8Cl2O. The van der Waals surface area contributed by atoms with Crippen LogP contribution in [0.2, 0.25) is 10.0 Å². The van der Waals surface area contributed by atoms with Crippen LogP contribution in [0, 0.1) is 6.92 Å². The molecule has 1 N–H and O–H groups in total. The van der Waals surface area contributed by atoms with E-state index >= 15 is 0 Å². The normalized spacial score (nSPS) is 10.2. The molecule has 0 aliphatic rings. The molecule has 0 unspecified atom stereocenters. The van der Waals surface area contributed by atoms with Crippen molar-refractivity contribution in [3.8, 4) is 0 Å². The molecule has 0 spiro atoms. The fourth-order valence-electron chi connectivity index (χ4n) is 0.889. The summed E-state index contributed by atoms with van der Waals surface area (Å²) in [6.45, 7) is 1.85. The molecule has 1 rings (SSSR count). The number of aliphatic hydroxyl groups excluding tert-OH is 1. The highest BCUT2D eigenvalue weighted by molar-refractivity contribution is 6.42. The first-order chi connectivity index (χ1) is 5.15. The van der Waals surface area contributed by atoms with Gasteiger partial charge in [-0.2, -0.15) is 0 Å². The molecule has 0 heterocycles. The van der Waals surface area contributed by atoms with E-state index in [1.165, 1.54) is 0 Å². The second kappa shape index (κ2) is 3.44. The minimum Gasteiger partial charge on any atom is -0.392 e. The molecule has 0 amide bonds. The van der Waals surface area contributed by atoms with Gasteiger partial charge in [0.05, 0.1) is 16.7 Å². The second-order valence-corrected chi connectivity index (χ2v) is 3.15. The van der Waals surface area contributed by atoms with Crippen LogP contribution in [0.4, 0.5) is 0 Å². The van der Waals surface area contributed by atoms with Crippen LogP contribution in [0.1, 0.15) is 11.1 Å². The summed E-state index contributed by atoms with van der Waals surface area (Å²) in [5.41, 5.74) is 1.68. The molecule has 0 saturated heterocycles. The number of aliphatic hydroxyl groups is 1. The Morgan fingerprint density at radius 2 is 2.00 bits per heavy atom. The van der Waals surface area contributed by atoms with E-state index in [1.54, 1.807) is 6.07 Å². The van der Waals surface area contributed by atoms with Crippen molar-refractivity contribution >= 4 is 23.2 Å². The van der Waals surface area contributed by atoms with Gasteiger partial charge in [-0.15, -0.1) is 0 Å². The van der Waals surface area contributed by atoms with Crippen molar-refractivity contribution in [2.75, 3.05) is 0 Å². The third-order valence-electron chi connectivity index (χ3n) is 1.45. The number of hydrogen-bond donors (Lipinski definition) is 1. The monoisotopic (exact) mass is 190 g/mol. The Labute approximate surface area is 75.6 Å². The average Bonchev–Trinajstić information content (AvgIpc) is 1.99. The molecule has 0 aromatic heterocycles. The van der Waals surface area contributed by atoms with Gasteiger partial charge in [-0.1, -0.05) is 29.3 Å². The van der Waals surface area contributed by atoms with Crippen LogP contribution in [0.3, 0.4) is 0 Å². The van der Waals surface area contributed by atoms with Crippen molar-refractivity contribution in [3.05, 3.63) is 33.3 Å². The molecule has 1 aromatic rings. The molecule has 60 valence electrons. The summed E-state index contributed by atoms with van der Waals surface area (Å²) in [7, 11) is 0. The van der Waals surface area contributed by atoms with Gasteiger partial charge in [0.2, 0.25) is 0 Å². The third kappa shape index (κ3) is 1.86. The van der Waals surface area contributed by atoms with Crippen LogP contribution in [-0.4, -0.2) is 5.11 Å². The molecule has 0 aliphatic carbocycles. The molecule has 3 heteroatoms. The van der Waals surface area contributed by atoms with Gasteiger partial charge in [0.25, 0.3) is 0 Å². The number of rotatable bonds is 1. The van der Waals surface area contributed by atoms with E-state index in [4.69, 9.17) is 28.3 Å². The number of benzene rings is 1. The Bertz CT molecular complexity index is 248. The Kier molecular flexibility index (Phi) is 2.77. The fraction of sp³-hybridized carbons (Fsp3) is 0.250. The second-order valence-electron chi connectivity index (χ2n) is 2.37. The summed E-state index contributed by atoms with van der Waals surface area (Å²) in [5.74, 6) is 0. The lowest BCUT2D eigenvalue weighted by atomic mass is 10.1. The summed E-state index contributed by atoms with van der Waals surface area (Å²) in [4.78, 5) is 0. The lowest BCUT2D eigenvalue weighted by Gasteiger charge is -2.02. The van der Waals surface area contributed by atoms with Gasteiger partial charge in [0.1, 0.15) is 0 Å². The molecule has 0 aliphatic heterocycles. The van der Waals surface area contributed by atoms with Gasteiger partial charge in [-0.25, -0.2) is 0 Å². The molecule has 0 radical (unpaired) electrons. The zero-order valence-corrected chi connectivity index (χ0v) is 7.58. The molecule has 0 saturated carbocycles. The summed E-state index contributed by atoms with van der Waals surface area (Å²) in [5, 5.41) is 9.83. The first-order valence-corrected chi connectivity index (χ1v) is 3.96. The van der Waals surface area contributed by atoms with E-state index in [0.717, 1.165) is 11.1 Å². The number of hydrogen-bond acceptors (Lipinski definition) is 1. The zero-order chi connectivity index (χ0) is 8.43. The highest BCUT2D eigenvalue weighted by Gasteiger charge is 2.02. The molecule has 1 aromatic carbocycles. The predicted octanol–water partition coefficient (Wildman–Crippen LogP) is 2.79. The van der Waals surface area contributed by atoms with Gasteiger partial charge in [0.15, 0.2) is 0 Å². The van der Waals surface area contributed by atoms with Crippen molar-refractivity contribution in [2.45, 2.75) is 13.5 Å². The van der Waals surface area contributed by atoms with Crippen molar-refractivity contribution in [1.82, 2.24) is 0 Å². The van der Waals surface area contributed by atoms with Crippen molar-refractivity contribution in [2.24, 2.45) is 0 Å². The van der Waals surface area contributed by atoms with Crippen LogP contribution < -0.4 is 0 Å². The van der Waals surface area contributed by atoms with Crippen molar-refractivity contribution in [3.63, 3.8) is 0 Å². The fourth-order valence-corrected chi connectivity index (χ4v) is 1.29. The number of aryl methyl sites for hydroxylation is 1. The van der Waals surface area contributed by atoms with Crippen LogP contribution in [0.25, 0.3) is 0 Å². The lowest BCUT2D eigenvalue weighted by molar-refractivity contribution is 0.282. The summed E-state index contributed by atoms with van der Waals surface area (Å²) in [6, 6.07) is 3.48. The predicted molar refractivity (Wildman–Crippen MR) is 47.1 cm³/mol. The van der Waals surface area contributed by atoms with E-state index in [2.05, 4.69) is 0 Å². The maximum Gasteiger partial charge on any atom is 0.0682 e. The van der Waals surface area contributed by atoms with E-state index in [0.29, 0.717) is 10.0 Å². The van der Waals surface area contributed by atoms with E-state index < -0.39 is 0 Å². The molecule has 0 atom stereocenters. The highest BCUT2D eigenvalue weighted by Crippen LogP contribution is 2.26. The van der Waals surface area contributed by atoms with Crippen molar-refractivity contribution in [1.29, 1.82) is 0 Å². The molecule has 0 bridgehead atoms. The Morgan fingerprint density at radius 3 is 2.45 bits per heavy atom. The van der Waals surface area contributed by atoms with Gasteiger partial charge in [-0.3, -0.25) is 0 Å². The summed E-state index contributed by atoms with van der Waals surface area (Å²) < 4.78 is 0. The minimum absolute atomic E-state index is 0.00225. The van der Waals surface area contributed by atoms with E-state index in [-0.39, 0.29) is 6.61 Å². The first kappa shape index (κ1) is 8.85. The largest absolute Gasteiger partial charge is 0.392 e. The van der Waals surface area contributed by atoms with Gasteiger partial charge < -0.3 is 5.11 Å². The molecule has 1 nitrogen and oxygen atoms in total. The van der Waals surface area contributed by atoms with Gasteiger partial charge in [-0.05, 0) is 24.1 Å². The third-order valence-corrected chi connectivity index (χ3v) is 2.35. The van der Waals surface area contributed by atoms with Crippen LogP contribution in [0.15, 0.2) is 12.1 Å². The van der Waals surface area contributed by atoms with Gasteiger partial charge in [0, 0.05) is 0 Å². The first-order valence-electron chi connectivity index (χ1n) is 3.20. The standard InChI is InChI=1S/C8H8Cl2O/c1-5-2-6(4-11)3-7(9)8(5)10/h2-3,11H,4H2,1H3. The van der Waals surface area contributed by atoms with Crippen LogP contribution in [0.5, 0.6) is 0 Å². The van der Waals surface area contributed by atoms with Crippen LogP contribution in [-0.2, 0) is 6.61 Å². The maximum absolute atomic E-state index is 8.78. The lowest BCUT2D eigenvalue weighted by Crippen LogP contribution is -1.85. The minimum atomic E-state index is -0.00225. The molecular weight excluding hydrogens is 183 g/mol. The quantitative estimate of drug-likeness (QED) is 0.723. The zero-order valence-electron chi connectivity index (χ0n) is 6.06. The molecule has 11 heavy (non-hydrogen) atoms.